The Kier molecular flexibility index (Phi) is 8.55. The molecule has 12 heteroatoms. The van der Waals surface area contributed by atoms with E-state index in [4.69, 9.17) is 4.74 Å². The Bertz CT molecular complexity index is 1050. The lowest BCUT2D eigenvalue weighted by atomic mass is 9.88. The number of amides is 1. The number of hydrogen-bond acceptors (Lipinski definition) is 9. The van der Waals surface area contributed by atoms with E-state index in [2.05, 4.69) is 10.1 Å². The Morgan fingerprint density at radius 2 is 1.58 bits per heavy atom. The summed E-state index contributed by atoms with van der Waals surface area (Å²) in [6, 6.07) is 9.27. The highest BCUT2D eigenvalue weighted by Crippen LogP contribution is 2.27. The van der Waals surface area contributed by atoms with E-state index in [9.17, 15) is 34.6 Å². The summed E-state index contributed by atoms with van der Waals surface area (Å²) in [5.41, 5.74) is 0.307. The number of methoxy groups -OCH3 is 2. The lowest BCUT2D eigenvalue weighted by molar-refractivity contribution is -0.385. The van der Waals surface area contributed by atoms with E-state index in [-0.39, 0.29) is 24.2 Å². The summed E-state index contributed by atoms with van der Waals surface area (Å²) in [5, 5.41) is 24.4. The van der Waals surface area contributed by atoms with Crippen LogP contribution in [0.3, 0.4) is 0 Å². The molecule has 2 atom stereocenters. The van der Waals surface area contributed by atoms with E-state index < -0.39 is 39.7 Å². The summed E-state index contributed by atoms with van der Waals surface area (Å²) < 4.78 is 9.48. The number of benzene rings is 2. The van der Waals surface area contributed by atoms with Crippen LogP contribution >= 0.6 is 0 Å². The van der Waals surface area contributed by atoms with Gasteiger partial charge in [-0.3, -0.25) is 29.8 Å². The van der Waals surface area contributed by atoms with Crippen molar-refractivity contribution < 1.29 is 33.7 Å². The predicted molar refractivity (Wildman–Crippen MR) is 113 cm³/mol. The lowest BCUT2D eigenvalue weighted by Crippen LogP contribution is -2.46. The molecule has 1 N–H and O–H groups in total. The summed E-state index contributed by atoms with van der Waals surface area (Å²) in [4.78, 5) is 57.9. The van der Waals surface area contributed by atoms with Crippen molar-refractivity contribution in [2.24, 2.45) is 0 Å². The molecular formula is C21H21N3O9. The number of nitro benzene ring substituents is 2. The van der Waals surface area contributed by atoms with E-state index in [1.54, 1.807) is 0 Å². The van der Waals surface area contributed by atoms with Crippen LogP contribution in [0, 0.1) is 20.2 Å². The molecule has 2 aromatic rings. The van der Waals surface area contributed by atoms with Crippen LogP contribution in [0.25, 0.3) is 0 Å². The summed E-state index contributed by atoms with van der Waals surface area (Å²) in [5.74, 6) is -3.14. The van der Waals surface area contributed by atoms with Gasteiger partial charge in [-0.05, 0) is 11.1 Å². The first-order valence-corrected chi connectivity index (χ1v) is 9.58. The van der Waals surface area contributed by atoms with Crippen molar-refractivity contribution in [3.05, 3.63) is 79.9 Å². The van der Waals surface area contributed by atoms with Crippen molar-refractivity contribution >= 4 is 29.2 Å². The number of esters is 2. The van der Waals surface area contributed by atoms with Crippen molar-refractivity contribution in [1.82, 2.24) is 5.32 Å². The van der Waals surface area contributed by atoms with E-state index in [0.29, 0.717) is 11.1 Å². The third kappa shape index (κ3) is 6.82. The molecular weight excluding hydrogens is 438 g/mol. The number of nitrogens with one attached hydrogen (secondary N) is 1. The topological polar surface area (TPSA) is 168 Å². The number of nitrogens with zero attached hydrogens (tertiary/aromatic N) is 2. The third-order valence-electron chi connectivity index (χ3n) is 4.81. The number of hydrogen-bond donors (Lipinski definition) is 1. The molecule has 0 fully saturated rings. The largest absolute Gasteiger partial charge is 0.469 e. The summed E-state index contributed by atoms with van der Waals surface area (Å²) in [6.45, 7) is 0. The standard InChI is InChI=1S/C21H21N3O9/c1-32-19(26)12-17(14-6-8-15(9-7-14)23(28)29)20(21(27)33-2)22-18(25)11-13-4-3-5-16(10-13)24(30)31/h3-10,17,20H,11-12H2,1-2H3,(H,22,25)/t17-,20-/m1/s1. The first-order valence-electron chi connectivity index (χ1n) is 9.58. The summed E-state index contributed by atoms with van der Waals surface area (Å²) in [7, 11) is 2.26. The lowest BCUT2D eigenvalue weighted by Gasteiger charge is -2.26. The van der Waals surface area contributed by atoms with Gasteiger partial charge in [-0.15, -0.1) is 0 Å². The molecule has 0 bridgehead atoms. The Hall–Kier alpha value is -4.35. The minimum Gasteiger partial charge on any atom is -0.469 e. The average molecular weight is 459 g/mol. The van der Waals surface area contributed by atoms with Gasteiger partial charge in [0.05, 0.1) is 36.9 Å². The van der Waals surface area contributed by atoms with Gasteiger partial charge in [0.15, 0.2) is 0 Å². The normalized spacial score (nSPS) is 12.2. The molecule has 2 aromatic carbocycles. The number of carbonyl (C=O) groups is 3. The molecule has 0 saturated carbocycles. The van der Waals surface area contributed by atoms with Gasteiger partial charge in [-0.2, -0.15) is 0 Å². The molecule has 33 heavy (non-hydrogen) atoms. The third-order valence-corrected chi connectivity index (χ3v) is 4.81. The molecule has 0 aromatic heterocycles. The number of rotatable bonds is 10. The van der Waals surface area contributed by atoms with Gasteiger partial charge in [0.2, 0.25) is 5.91 Å². The van der Waals surface area contributed by atoms with E-state index in [0.717, 1.165) is 14.2 Å². The highest BCUT2D eigenvalue weighted by atomic mass is 16.6. The Morgan fingerprint density at radius 1 is 0.939 bits per heavy atom. The fraction of sp³-hybridized carbons (Fsp3) is 0.286. The molecule has 0 aliphatic carbocycles. The van der Waals surface area contributed by atoms with Crippen LogP contribution in [-0.2, 0) is 30.3 Å². The van der Waals surface area contributed by atoms with Gasteiger partial charge in [0, 0.05) is 30.2 Å². The first kappa shape index (κ1) is 24.9. The second-order valence-electron chi connectivity index (χ2n) is 6.91. The number of ether oxygens (including phenoxy) is 2. The average Bonchev–Trinajstić information content (AvgIpc) is 2.80. The van der Waals surface area contributed by atoms with Crippen LogP contribution in [0.4, 0.5) is 11.4 Å². The quantitative estimate of drug-likeness (QED) is 0.317. The molecule has 0 aliphatic rings. The van der Waals surface area contributed by atoms with Crippen LogP contribution in [0.1, 0.15) is 23.5 Å². The Labute approximate surface area is 187 Å². The zero-order valence-corrected chi connectivity index (χ0v) is 17.8. The molecule has 0 heterocycles. The van der Waals surface area contributed by atoms with Crippen LogP contribution in [0.2, 0.25) is 0 Å². The second-order valence-corrected chi connectivity index (χ2v) is 6.91. The maximum absolute atomic E-state index is 12.7. The Balaban J connectivity index is 2.33. The molecule has 12 nitrogen and oxygen atoms in total. The minimum atomic E-state index is -1.33. The fourth-order valence-electron chi connectivity index (χ4n) is 3.17. The van der Waals surface area contributed by atoms with Crippen molar-refractivity contribution in [1.29, 1.82) is 0 Å². The number of nitro groups is 2. The maximum Gasteiger partial charge on any atom is 0.329 e. The SMILES string of the molecule is COC(=O)C[C@H](c1ccc([N+](=O)[O-])cc1)[C@@H](NC(=O)Cc1cccc([N+](=O)[O-])c1)C(=O)OC. The molecule has 0 spiro atoms. The molecule has 0 unspecified atom stereocenters. The van der Waals surface area contributed by atoms with E-state index in [1.807, 2.05) is 0 Å². The zero-order chi connectivity index (χ0) is 24.5. The molecule has 1 amide bonds. The monoisotopic (exact) mass is 459 g/mol. The smallest absolute Gasteiger partial charge is 0.329 e. The molecule has 2 rings (SSSR count). The van der Waals surface area contributed by atoms with Crippen LogP contribution < -0.4 is 5.32 Å². The van der Waals surface area contributed by atoms with Gasteiger partial charge in [0.25, 0.3) is 11.4 Å². The van der Waals surface area contributed by atoms with Gasteiger partial charge in [-0.25, -0.2) is 4.79 Å². The highest BCUT2D eigenvalue weighted by molar-refractivity contribution is 5.87. The molecule has 0 saturated heterocycles. The molecule has 174 valence electrons. The molecule has 0 radical (unpaired) electrons. The van der Waals surface area contributed by atoms with Gasteiger partial charge >= 0.3 is 11.9 Å². The summed E-state index contributed by atoms with van der Waals surface area (Å²) in [6.07, 6.45) is -0.606. The first-order chi connectivity index (χ1) is 15.7. The zero-order valence-electron chi connectivity index (χ0n) is 17.8. The predicted octanol–water partition coefficient (Wildman–Crippen LogP) is 2.05. The van der Waals surface area contributed by atoms with E-state index in [1.165, 1.54) is 48.5 Å². The van der Waals surface area contributed by atoms with Gasteiger partial charge in [-0.1, -0.05) is 24.3 Å². The Morgan fingerprint density at radius 3 is 2.12 bits per heavy atom. The van der Waals surface area contributed by atoms with Crippen molar-refractivity contribution in [3.8, 4) is 0 Å². The number of carbonyl (C=O) groups excluding carboxylic acids is 3. The maximum atomic E-state index is 12.7. The van der Waals surface area contributed by atoms with Crippen LogP contribution in [-0.4, -0.2) is 48.0 Å². The molecule has 0 aliphatic heterocycles. The van der Waals surface area contributed by atoms with Crippen molar-refractivity contribution in [3.63, 3.8) is 0 Å². The second kappa shape index (κ2) is 11.3. The minimum absolute atomic E-state index is 0.195. The van der Waals surface area contributed by atoms with E-state index >= 15 is 0 Å². The number of non-ortho nitro benzene ring substituents is 2. The summed E-state index contributed by atoms with van der Waals surface area (Å²) >= 11 is 0. The van der Waals surface area contributed by atoms with Gasteiger partial charge in [0.1, 0.15) is 6.04 Å². The van der Waals surface area contributed by atoms with Crippen molar-refractivity contribution in [2.45, 2.75) is 24.8 Å². The highest BCUT2D eigenvalue weighted by Gasteiger charge is 2.34. The van der Waals surface area contributed by atoms with Crippen LogP contribution in [0.15, 0.2) is 48.5 Å². The van der Waals surface area contributed by atoms with Gasteiger partial charge < -0.3 is 14.8 Å². The van der Waals surface area contributed by atoms with Crippen LogP contribution in [0.5, 0.6) is 0 Å². The van der Waals surface area contributed by atoms with Crippen molar-refractivity contribution in [2.75, 3.05) is 14.2 Å². The fourth-order valence-corrected chi connectivity index (χ4v) is 3.17.